The van der Waals surface area contributed by atoms with E-state index in [4.69, 9.17) is 19.9 Å². The first-order chi connectivity index (χ1) is 19.8. The minimum Gasteiger partial charge on any atom is -0.491 e. The van der Waals surface area contributed by atoms with Crippen LogP contribution in [0.25, 0.3) is 0 Å². The van der Waals surface area contributed by atoms with Crippen molar-refractivity contribution in [2.24, 2.45) is 11.1 Å². The zero-order valence-electron chi connectivity index (χ0n) is 24.6. The molecule has 1 aliphatic rings. The normalized spacial score (nSPS) is 16.7. The Balaban J connectivity index is 1.32. The van der Waals surface area contributed by atoms with Crippen LogP contribution >= 0.6 is 0 Å². The Labute approximate surface area is 246 Å². The lowest BCUT2D eigenvalue weighted by molar-refractivity contribution is -0.0551. The van der Waals surface area contributed by atoms with Crippen LogP contribution in [0.15, 0.2) is 48.5 Å². The lowest BCUT2D eigenvalue weighted by Gasteiger charge is -2.31. The molecule has 1 aliphatic heterocycles. The third-order valence-corrected chi connectivity index (χ3v) is 7.12. The summed E-state index contributed by atoms with van der Waals surface area (Å²) in [5.74, 6) is -1.95. The molecular formula is C31H43F2N3O6. The van der Waals surface area contributed by atoms with E-state index >= 15 is 0 Å². The molecule has 1 fully saturated rings. The number of piperidine rings is 1. The number of aliphatic hydroxyl groups is 1. The van der Waals surface area contributed by atoms with E-state index in [1.165, 1.54) is 0 Å². The number of aliphatic hydroxyl groups excluding tert-OH is 1. The maximum atomic E-state index is 13.3. The molecule has 3 rings (SSSR count). The number of ether oxygens (including phenoxy) is 3. The fraction of sp³-hybridized carbons (Fsp3) is 0.548. The van der Waals surface area contributed by atoms with Gasteiger partial charge in [0.05, 0.1) is 6.54 Å². The highest BCUT2D eigenvalue weighted by molar-refractivity contribution is 5.92. The molecule has 0 spiro atoms. The highest BCUT2D eigenvalue weighted by atomic mass is 19.3. The van der Waals surface area contributed by atoms with Crippen molar-refractivity contribution in [2.45, 2.75) is 64.6 Å². The number of nitrogens with two attached hydrogens (primary N) is 1. The fourth-order valence-electron chi connectivity index (χ4n) is 4.34. The van der Waals surface area contributed by atoms with Crippen LogP contribution in [0.3, 0.4) is 0 Å². The van der Waals surface area contributed by atoms with Gasteiger partial charge in [0.1, 0.15) is 36.9 Å². The summed E-state index contributed by atoms with van der Waals surface area (Å²) in [5, 5.41) is 12.8. The van der Waals surface area contributed by atoms with Gasteiger partial charge in [-0.05, 0) is 61.3 Å². The van der Waals surface area contributed by atoms with Crippen molar-refractivity contribution in [3.63, 3.8) is 0 Å². The second kappa shape index (κ2) is 15.2. The van der Waals surface area contributed by atoms with Crippen LogP contribution in [0.5, 0.6) is 11.5 Å². The third-order valence-electron chi connectivity index (χ3n) is 7.12. The molecule has 2 amide bonds. The summed E-state index contributed by atoms with van der Waals surface area (Å²) in [6, 6.07) is 13.9. The van der Waals surface area contributed by atoms with Crippen molar-refractivity contribution in [3.8, 4) is 11.5 Å². The van der Waals surface area contributed by atoms with Crippen LogP contribution in [0.4, 0.5) is 13.6 Å². The number of hydrogen-bond acceptors (Lipinski definition) is 7. The van der Waals surface area contributed by atoms with E-state index in [9.17, 15) is 23.5 Å². The molecule has 42 heavy (non-hydrogen) atoms. The van der Waals surface area contributed by atoms with Crippen molar-refractivity contribution in [3.05, 3.63) is 59.7 Å². The van der Waals surface area contributed by atoms with Crippen LogP contribution in [0.2, 0.25) is 0 Å². The zero-order valence-corrected chi connectivity index (χ0v) is 24.6. The van der Waals surface area contributed by atoms with Crippen LogP contribution in [0.1, 0.15) is 56.0 Å². The Morgan fingerprint density at radius 2 is 1.64 bits per heavy atom. The summed E-state index contributed by atoms with van der Waals surface area (Å²) in [5.41, 5.74) is 6.40. The number of alkyl halides is 2. The molecule has 2 atom stereocenters. The lowest BCUT2D eigenvalue weighted by Crippen LogP contribution is -2.40. The lowest BCUT2D eigenvalue weighted by atomic mass is 9.89. The number of benzene rings is 2. The Kier molecular flexibility index (Phi) is 11.9. The first-order valence-corrected chi connectivity index (χ1v) is 14.3. The number of amides is 2. The standard InChI is InChI=1S/C31H43F2N3O6/c1-30(2,3)27(42-26-12-8-23(9-13-26)28(34)38)21-41-29(39)35-19-24(37)20-40-25-10-6-22(7-11-25)5-4-16-36-17-14-31(32,33)15-18-36/h6-13,24,27,37H,4-5,14-21H2,1-3H3,(H2,34,38)(H,35,39)/t24?,27-/m1/s1. The fourth-order valence-corrected chi connectivity index (χ4v) is 4.34. The van der Waals surface area contributed by atoms with E-state index in [-0.39, 0.29) is 38.0 Å². The van der Waals surface area contributed by atoms with Crippen molar-refractivity contribution in [1.29, 1.82) is 0 Å². The van der Waals surface area contributed by atoms with E-state index in [2.05, 4.69) is 10.2 Å². The molecule has 0 radical (unpaired) electrons. The average Bonchev–Trinajstić information content (AvgIpc) is 2.94. The van der Waals surface area contributed by atoms with E-state index in [0.29, 0.717) is 30.2 Å². The molecule has 1 saturated heterocycles. The highest BCUT2D eigenvalue weighted by Gasteiger charge is 2.33. The second-order valence-corrected chi connectivity index (χ2v) is 11.8. The first kappa shape index (κ1) is 33.1. The van der Waals surface area contributed by atoms with Crippen LogP contribution < -0.4 is 20.5 Å². The second-order valence-electron chi connectivity index (χ2n) is 11.8. The van der Waals surface area contributed by atoms with Gasteiger partial charge in [-0.1, -0.05) is 32.9 Å². The Morgan fingerprint density at radius 1 is 1.02 bits per heavy atom. The third kappa shape index (κ3) is 11.4. The van der Waals surface area contributed by atoms with E-state index in [1.807, 2.05) is 45.0 Å². The largest absolute Gasteiger partial charge is 0.491 e. The van der Waals surface area contributed by atoms with Crippen LogP contribution in [-0.4, -0.2) is 79.5 Å². The highest BCUT2D eigenvalue weighted by Crippen LogP contribution is 2.28. The maximum Gasteiger partial charge on any atom is 0.407 e. The number of carbonyl (C=O) groups excluding carboxylic acids is 2. The van der Waals surface area contributed by atoms with Gasteiger partial charge in [0, 0.05) is 36.9 Å². The number of likely N-dealkylation sites (tertiary alicyclic amines) is 1. The number of carbonyl (C=O) groups is 2. The average molecular weight is 592 g/mol. The maximum absolute atomic E-state index is 13.3. The van der Waals surface area contributed by atoms with E-state index < -0.39 is 30.1 Å². The van der Waals surface area contributed by atoms with Crippen molar-refractivity contribution < 1.29 is 37.7 Å². The van der Waals surface area contributed by atoms with Gasteiger partial charge < -0.3 is 35.3 Å². The molecule has 11 heteroatoms. The summed E-state index contributed by atoms with van der Waals surface area (Å²) in [6.45, 7) is 7.42. The molecule has 2 aromatic rings. The molecule has 0 aromatic heterocycles. The van der Waals surface area contributed by atoms with E-state index in [1.54, 1.807) is 24.3 Å². The summed E-state index contributed by atoms with van der Waals surface area (Å²) in [7, 11) is 0. The number of nitrogens with zero attached hydrogens (tertiary/aromatic N) is 1. The van der Waals surface area contributed by atoms with Crippen molar-refractivity contribution >= 4 is 12.0 Å². The molecule has 1 heterocycles. The van der Waals surface area contributed by atoms with Crippen LogP contribution in [0, 0.1) is 5.41 Å². The monoisotopic (exact) mass is 591 g/mol. The number of aryl methyl sites for hydroxylation is 1. The number of alkyl carbamates (subject to hydrolysis) is 1. The van der Waals surface area contributed by atoms with E-state index in [0.717, 1.165) is 24.9 Å². The number of nitrogens with one attached hydrogen (secondary N) is 1. The van der Waals surface area contributed by atoms with Gasteiger partial charge in [-0.25, -0.2) is 13.6 Å². The van der Waals surface area contributed by atoms with Gasteiger partial charge in [-0.15, -0.1) is 0 Å². The summed E-state index contributed by atoms with van der Waals surface area (Å²) >= 11 is 0. The van der Waals surface area contributed by atoms with Gasteiger partial charge in [0.2, 0.25) is 5.91 Å². The SMILES string of the molecule is CC(C)(C)[C@@H](COC(=O)NCC(O)COc1ccc(CCCN2CCC(F)(F)CC2)cc1)Oc1ccc(C(N)=O)cc1. The Morgan fingerprint density at radius 3 is 2.24 bits per heavy atom. The summed E-state index contributed by atoms with van der Waals surface area (Å²) < 4.78 is 43.5. The number of halogens is 2. The zero-order chi connectivity index (χ0) is 30.8. The van der Waals surface area contributed by atoms with Gasteiger partial charge in [-0.2, -0.15) is 0 Å². The van der Waals surface area contributed by atoms with Gasteiger partial charge in [-0.3, -0.25) is 4.79 Å². The summed E-state index contributed by atoms with van der Waals surface area (Å²) in [6.07, 6.45) is -0.525. The molecule has 9 nitrogen and oxygen atoms in total. The Hall–Kier alpha value is -3.44. The van der Waals surface area contributed by atoms with Crippen molar-refractivity contribution in [1.82, 2.24) is 10.2 Å². The predicted octanol–water partition coefficient (Wildman–Crippen LogP) is 4.41. The molecule has 0 bridgehead atoms. The molecule has 0 saturated carbocycles. The molecule has 0 aliphatic carbocycles. The molecular weight excluding hydrogens is 548 g/mol. The first-order valence-electron chi connectivity index (χ1n) is 14.3. The van der Waals surface area contributed by atoms with Crippen LogP contribution in [-0.2, 0) is 11.2 Å². The summed E-state index contributed by atoms with van der Waals surface area (Å²) in [4.78, 5) is 25.6. The van der Waals surface area contributed by atoms with Crippen molar-refractivity contribution in [2.75, 3.05) is 39.4 Å². The van der Waals surface area contributed by atoms with Gasteiger partial charge >= 0.3 is 6.09 Å². The van der Waals surface area contributed by atoms with Gasteiger partial charge in [0.15, 0.2) is 0 Å². The Bertz CT molecular complexity index is 1130. The smallest absolute Gasteiger partial charge is 0.407 e. The number of primary amides is 1. The minimum absolute atomic E-state index is 0.0196. The topological polar surface area (TPSA) is 123 Å². The molecule has 4 N–H and O–H groups in total. The number of rotatable bonds is 14. The minimum atomic E-state index is -2.52. The van der Waals surface area contributed by atoms with Gasteiger partial charge in [0.25, 0.3) is 5.92 Å². The quantitative estimate of drug-likeness (QED) is 0.297. The molecule has 2 aromatic carbocycles. The number of hydrogen-bond donors (Lipinski definition) is 3. The predicted molar refractivity (Wildman–Crippen MR) is 155 cm³/mol. The molecule has 1 unspecified atom stereocenters. The molecule has 232 valence electrons.